The lowest BCUT2D eigenvalue weighted by molar-refractivity contribution is 0.306. The minimum absolute atomic E-state index is 0. The van der Waals surface area contributed by atoms with E-state index in [1.165, 1.54) is 5.56 Å². The summed E-state index contributed by atoms with van der Waals surface area (Å²) in [6.07, 6.45) is 2.25. The summed E-state index contributed by atoms with van der Waals surface area (Å²) in [4.78, 5) is 0. The van der Waals surface area contributed by atoms with Gasteiger partial charge in [0.15, 0.2) is 11.5 Å². The molecule has 24 heavy (non-hydrogen) atoms. The Morgan fingerprint density at radius 1 is 1.00 bits per heavy atom. The maximum Gasteiger partial charge on any atom is 0.165 e. The number of hydrogen-bond donors (Lipinski definition) is 1. The minimum Gasteiger partial charge on any atom is -0.493 e. The van der Waals surface area contributed by atoms with Crippen molar-refractivity contribution in [1.29, 1.82) is 0 Å². The number of halogens is 1. The van der Waals surface area contributed by atoms with E-state index in [4.69, 9.17) is 9.47 Å². The number of methoxy groups -OCH3 is 1. The normalized spacial score (nSPS) is 11.5. The first-order valence-corrected chi connectivity index (χ1v) is 8.37. The summed E-state index contributed by atoms with van der Waals surface area (Å²) in [5.41, 5.74) is 2.46. The van der Waals surface area contributed by atoms with Crippen molar-refractivity contribution in [1.82, 2.24) is 5.32 Å². The van der Waals surface area contributed by atoms with Gasteiger partial charge in [-0.05, 0) is 25.0 Å². The highest BCUT2D eigenvalue weighted by Crippen LogP contribution is 2.31. The quantitative estimate of drug-likeness (QED) is 0.679. The first kappa shape index (κ1) is 20.3. The zero-order chi connectivity index (χ0) is 16.5. The van der Waals surface area contributed by atoms with E-state index < -0.39 is 0 Å². The molecular formula is C20H28ClNO2. The van der Waals surface area contributed by atoms with Crippen LogP contribution in [0.2, 0.25) is 0 Å². The third-order valence-corrected chi connectivity index (χ3v) is 3.89. The van der Waals surface area contributed by atoms with E-state index in [0.717, 1.165) is 36.4 Å². The van der Waals surface area contributed by atoms with Crippen LogP contribution in [0.15, 0.2) is 48.5 Å². The van der Waals surface area contributed by atoms with Crippen molar-refractivity contribution in [2.24, 2.45) is 0 Å². The van der Waals surface area contributed by atoms with Crippen molar-refractivity contribution >= 4 is 12.4 Å². The van der Waals surface area contributed by atoms with Crippen LogP contribution in [-0.2, 0) is 6.54 Å². The highest BCUT2D eigenvalue weighted by atomic mass is 35.5. The lowest BCUT2D eigenvalue weighted by atomic mass is 10.0. The molecule has 2 rings (SSSR count). The molecule has 0 aliphatic heterocycles. The maximum atomic E-state index is 5.79. The molecule has 3 nitrogen and oxygen atoms in total. The van der Waals surface area contributed by atoms with Crippen LogP contribution in [-0.4, -0.2) is 13.7 Å². The number of nitrogens with one attached hydrogen (secondary N) is 1. The Bertz CT molecular complexity index is 589. The fourth-order valence-corrected chi connectivity index (χ4v) is 2.76. The topological polar surface area (TPSA) is 30.5 Å². The molecule has 2 aromatic rings. The van der Waals surface area contributed by atoms with E-state index in [1.54, 1.807) is 7.11 Å². The van der Waals surface area contributed by atoms with E-state index in [1.807, 2.05) is 19.1 Å². The van der Waals surface area contributed by atoms with Crippen LogP contribution >= 0.6 is 12.4 Å². The first-order valence-electron chi connectivity index (χ1n) is 8.37. The Kier molecular flexibility index (Phi) is 9.28. The summed E-state index contributed by atoms with van der Waals surface area (Å²) in [7, 11) is 1.68. The average Bonchev–Trinajstić information content (AvgIpc) is 2.60. The van der Waals surface area contributed by atoms with Crippen LogP contribution < -0.4 is 14.8 Å². The molecule has 1 unspecified atom stereocenters. The summed E-state index contributed by atoms with van der Waals surface area (Å²) in [5.74, 6) is 1.63. The van der Waals surface area contributed by atoms with Gasteiger partial charge in [0.05, 0.1) is 13.7 Å². The van der Waals surface area contributed by atoms with Crippen molar-refractivity contribution in [3.05, 3.63) is 59.7 Å². The lowest BCUT2D eigenvalue weighted by Gasteiger charge is -2.20. The Balaban J connectivity index is 0.00000288. The number of ether oxygens (including phenoxy) is 2. The lowest BCUT2D eigenvalue weighted by Crippen LogP contribution is -2.21. The smallest absolute Gasteiger partial charge is 0.165 e. The van der Waals surface area contributed by atoms with Gasteiger partial charge in [-0.2, -0.15) is 0 Å². The summed E-state index contributed by atoms with van der Waals surface area (Å²) in [6, 6.07) is 17.0. The second-order valence-electron chi connectivity index (χ2n) is 5.51. The van der Waals surface area contributed by atoms with Crippen molar-refractivity contribution in [3.63, 3.8) is 0 Å². The van der Waals surface area contributed by atoms with Gasteiger partial charge in [-0.1, -0.05) is 55.8 Å². The van der Waals surface area contributed by atoms with Crippen molar-refractivity contribution in [2.75, 3.05) is 13.7 Å². The summed E-state index contributed by atoms with van der Waals surface area (Å²) in [6.45, 7) is 5.60. The predicted molar refractivity (Wildman–Crippen MR) is 102 cm³/mol. The molecule has 0 aliphatic carbocycles. The standard InChI is InChI=1S/C20H27NO2.ClH/c1-4-10-18(16-11-7-6-8-12-16)21-15-17-13-9-14-19(22-3)20(17)23-5-2;/h6-9,11-14,18,21H,4-5,10,15H2,1-3H3;1H. The fourth-order valence-electron chi connectivity index (χ4n) is 2.76. The van der Waals surface area contributed by atoms with Crippen LogP contribution in [0.3, 0.4) is 0 Å². The van der Waals surface area contributed by atoms with E-state index in [0.29, 0.717) is 12.6 Å². The first-order chi connectivity index (χ1) is 11.3. The molecule has 0 saturated heterocycles. The molecular weight excluding hydrogens is 322 g/mol. The molecule has 0 amide bonds. The second-order valence-corrected chi connectivity index (χ2v) is 5.51. The largest absolute Gasteiger partial charge is 0.493 e. The fraction of sp³-hybridized carbons (Fsp3) is 0.400. The minimum atomic E-state index is 0. The van der Waals surface area contributed by atoms with Gasteiger partial charge >= 0.3 is 0 Å². The third-order valence-electron chi connectivity index (χ3n) is 3.89. The van der Waals surface area contributed by atoms with Gasteiger partial charge in [-0.15, -0.1) is 12.4 Å². The summed E-state index contributed by atoms with van der Waals surface area (Å²) >= 11 is 0. The Labute approximate surface area is 151 Å². The van der Waals surface area contributed by atoms with Gasteiger partial charge in [0.25, 0.3) is 0 Å². The molecule has 4 heteroatoms. The van der Waals surface area contributed by atoms with Crippen LogP contribution in [0.1, 0.15) is 43.9 Å². The van der Waals surface area contributed by atoms with Crippen molar-refractivity contribution in [2.45, 2.75) is 39.3 Å². The van der Waals surface area contributed by atoms with Gasteiger partial charge in [-0.3, -0.25) is 0 Å². The van der Waals surface area contributed by atoms with Crippen molar-refractivity contribution < 1.29 is 9.47 Å². The molecule has 0 fully saturated rings. The van der Waals surface area contributed by atoms with Crippen LogP contribution in [0.4, 0.5) is 0 Å². The van der Waals surface area contributed by atoms with E-state index in [2.05, 4.69) is 48.6 Å². The highest BCUT2D eigenvalue weighted by molar-refractivity contribution is 5.85. The average molecular weight is 350 g/mol. The van der Waals surface area contributed by atoms with Crippen LogP contribution in [0, 0.1) is 0 Å². The Hall–Kier alpha value is -1.71. The van der Waals surface area contributed by atoms with E-state index in [9.17, 15) is 0 Å². The van der Waals surface area contributed by atoms with Gasteiger partial charge < -0.3 is 14.8 Å². The number of benzene rings is 2. The maximum absolute atomic E-state index is 5.79. The molecule has 0 aromatic heterocycles. The predicted octanol–water partition coefficient (Wildman–Crippen LogP) is 5.15. The number of para-hydroxylation sites is 1. The third kappa shape index (κ3) is 5.43. The van der Waals surface area contributed by atoms with Crippen molar-refractivity contribution in [3.8, 4) is 11.5 Å². The zero-order valence-electron chi connectivity index (χ0n) is 14.7. The molecule has 0 aliphatic rings. The molecule has 1 atom stereocenters. The van der Waals surface area contributed by atoms with E-state index >= 15 is 0 Å². The number of hydrogen-bond acceptors (Lipinski definition) is 3. The molecule has 132 valence electrons. The molecule has 0 heterocycles. The van der Waals surface area contributed by atoms with E-state index in [-0.39, 0.29) is 12.4 Å². The Morgan fingerprint density at radius 3 is 2.38 bits per heavy atom. The zero-order valence-corrected chi connectivity index (χ0v) is 15.6. The van der Waals surface area contributed by atoms with Gasteiger partial charge in [-0.25, -0.2) is 0 Å². The Morgan fingerprint density at radius 2 is 1.75 bits per heavy atom. The van der Waals surface area contributed by atoms with Gasteiger partial charge in [0.1, 0.15) is 0 Å². The molecule has 0 radical (unpaired) electrons. The second kappa shape index (κ2) is 11.0. The van der Waals surface area contributed by atoms with Gasteiger partial charge in [0.2, 0.25) is 0 Å². The highest BCUT2D eigenvalue weighted by Gasteiger charge is 2.13. The molecule has 1 N–H and O–H groups in total. The molecule has 0 saturated carbocycles. The SMILES string of the molecule is CCCC(NCc1cccc(OC)c1OCC)c1ccccc1.Cl. The monoisotopic (exact) mass is 349 g/mol. The molecule has 0 spiro atoms. The summed E-state index contributed by atoms with van der Waals surface area (Å²) < 4.78 is 11.2. The summed E-state index contributed by atoms with van der Waals surface area (Å²) in [5, 5.41) is 3.67. The number of rotatable bonds is 9. The van der Waals surface area contributed by atoms with Gasteiger partial charge in [0, 0.05) is 18.2 Å². The van der Waals surface area contributed by atoms with Crippen LogP contribution in [0.5, 0.6) is 11.5 Å². The molecule has 2 aromatic carbocycles. The molecule has 0 bridgehead atoms. The van der Waals surface area contributed by atoms with Crippen LogP contribution in [0.25, 0.3) is 0 Å².